The highest BCUT2D eigenvalue weighted by molar-refractivity contribution is 7.15. The van der Waals surface area contributed by atoms with Crippen LogP contribution in [0.1, 0.15) is 41.4 Å². The quantitative estimate of drug-likeness (QED) is 0.885. The number of amides is 2. The highest BCUT2D eigenvalue weighted by Crippen LogP contribution is 2.24. The molecule has 0 spiro atoms. The normalized spacial score (nSPS) is 17.5. The van der Waals surface area contributed by atoms with Gasteiger partial charge in [-0.05, 0) is 30.2 Å². The average Bonchev–Trinajstić information content (AvgIpc) is 3.27. The minimum Gasteiger partial charge on any atom is -0.326 e. The maximum atomic E-state index is 12.6. The van der Waals surface area contributed by atoms with E-state index in [0.717, 1.165) is 17.8 Å². The van der Waals surface area contributed by atoms with Crippen LogP contribution in [0.2, 0.25) is 0 Å². The molecular formula is C16H20N4O2S2. The summed E-state index contributed by atoms with van der Waals surface area (Å²) < 4.78 is 0. The van der Waals surface area contributed by atoms with Crippen molar-refractivity contribution in [2.75, 3.05) is 11.9 Å². The number of nitrogens with one attached hydrogen (secondary N) is 1. The van der Waals surface area contributed by atoms with Gasteiger partial charge in [-0.3, -0.25) is 14.9 Å². The van der Waals surface area contributed by atoms with Gasteiger partial charge < -0.3 is 4.90 Å². The molecule has 3 heterocycles. The molecule has 0 aliphatic carbocycles. The Kier molecular flexibility index (Phi) is 5.25. The van der Waals surface area contributed by atoms with Crippen LogP contribution in [-0.2, 0) is 11.2 Å². The standard InChI is InChI=1S/C16H20N4O2S2/c1-10(2)9-13-18-19-16(24-13)17-14(21)11-5-3-7-20(11)15(22)12-6-4-8-23-12/h4,6,8,10-11H,3,5,7,9H2,1-2H3,(H,17,19,21). The Morgan fingerprint density at radius 2 is 2.25 bits per heavy atom. The van der Waals surface area contributed by atoms with Crippen molar-refractivity contribution in [1.29, 1.82) is 0 Å². The molecule has 1 fully saturated rings. The third kappa shape index (κ3) is 3.81. The van der Waals surface area contributed by atoms with Gasteiger partial charge in [0.2, 0.25) is 11.0 Å². The predicted octanol–water partition coefficient (Wildman–Crippen LogP) is 3.04. The summed E-state index contributed by atoms with van der Waals surface area (Å²) in [5.74, 6) is 0.250. The first-order valence-corrected chi connectivity index (χ1v) is 9.72. The van der Waals surface area contributed by atoms with Crippen molar-refractivity contribution in [3.63, 3.8) is 0 Å². The summed E-state index contributed by atoms with van der Waals surface area (Å²) in [7, 11) is 0. The number of hydrogen-bond acceptors (Lipinski definition) is 6. The van der Waals surface area contributed by atoms with Crippen LogP contribution in [0.4, 0.5) is 5.13 Å². The Labute approximate surface area is 148 Å². The summed E-state index contributed by atoms with van der Waals surface area (Å²) in [4.78, 5) is 27.4. The van der Waals surface area contributed by atoms with E-state index in [1.807, 2.05) is 11.4 Å². The van der Waals surface area contributed by atoms with Gasteiger partial charge >= 0.3 is 0 Å². The SMILES string of the molecule is CC(C)Cc1nnc(NC(=O)C2CCCN2C(=O)c2cccs2)s1. The van der Waals surface area contributed by atoms with Gasteiger partial charge in [0, 0.05) is 13.0 Å². The third-order valence-electron chi connectivity index (χ3n) is 3.83. The Morgan fingerprint density at radius 1 is 1.42 bits per heavy atom. The molecule has 0 bridgehead atoms. The lowest BCUT2D eigenvalue weighted by molar-refractivity contribution is -0.119. The van der Waals surface area contributed by atoms with Crippen molar-refractivity contribution in [2.45, 2.75) is 39.2 Å². The Morgan fingerprint density at radius 3 is 2.96 bits per heavy atom. The fraction of sp³-hybridized carbons (Fsp3) is 0.500. The van der Waals surface area contributed by atoms with E-state index in [4.69, 9.17) is 0 Å². The zero-order chi connectivity index (χ0) is 17.1. The zero-order valence-electron chi connectivity index (χ0n) is 13.7. The third-order valence-corrected chi connectivity index (χ3v) is 5.55. The second-order valence-corrected chi connectivity index (χ2v) is 8.23. The molecular weight excluding hydrogens is 344 g/mol. The van der Waals surface area contributed by atoms with Gasteiger partial charge in [-0.1, -0.05) is 31.3 Å². The first kappa shape index (κ1) is 17.0. The van der Waals surface area contributed by atoms with Gasteiger partial charge in [0.1, 0.15) is 11.0 Å². The molecule has 128 valence electrons. The molecule has 24 heavy (non-hydrogen) atoms. The highest BCUT2D eigenvalue weighted by atomic mass is 32.1. The highest BCUT2D eigenvalue weighted by Gasteiger charge is 2.35. The van der Waals surface area contributed by atoms with E-state index in [0.29, 0.717) is 28.9 Å². The number of anilines is 1. The van der Waals surface area contributed by atoms with E-state index in [9.17, 15) is 9.59 Å². The van der Waals surface area contributed by atoms with Crippen molar-refractivity contribution in [1.82, 2.24) is 15.1 Å². The molecule has 1 aliphatic heterocycles. The van der Waals surface area contributed by atoms with Crippen LogP contribution in [0.3, 0.4) is 0 Å². The van der Waals surface area contributed by atoms with E-state index < -0.39 is 6.04 Å². The Bertz CT molecular complexity index is 711. The summed E-state index contributed by atoms with van der Waals surface area (Å²) in [6, 6.07) is 3.21. The van der Waals surface area contributed by atoms with Gasteiger partial charge in [0.15, 0.2) is 0 Å². The largest absolute Gasteiger partial charge is 0.326 e. The number of rotatable bonds is 5. The first-order chi connectivity index (χ1) is 11.5. The molecule has 1 saturated heterocycles. The average molecular weight is 364 g/mol. The monoisotopic (exact) mass is 364 g/mol. The van der Waals surface area contributed by atoms with E-state index in [1.165, 1.54) is 22.7 Å². The van der Waals surface area contributed by atoms with E-state index in [2.05, 4.69) is 29.4 Å². The molecule has 0 radical (unpaired) electrons. The van der Waals surface area contributed by atoms with Crippen molar-refractivity contribution < 1.29 is 9.59 Å². The van der Waals surface area contributed by atoms with Crippen LogP contribution in [-0.4, -0.2) is 39.5 Å². The lowest BCUT2D eigenvalue weighted by atomic mass is 10.1. The topological polar surface area (TPSA) is 75.2 Å². The first-order valence-electron chi connectivity index (χ1n) is 8.02. The second-order valence-electron chi connectivity index (χ2n) is 6.22. The number of nitrogens with zero attached hydrogens (tertiary/aromatic N) is 3. The molecule has 2 aromatic heterocycles. The number of carbonyl (C=O) groups excluding carboxylic acids is 2. The van der Waals surface area contributed by atoms with Gasteiger partial charge in [-0.25, -0.2) is 0 Å². The van der Waals surface area contributed by atoms with E-state index in [1.54, 1.807) is 11.0 Å². The molecule has 0 aromatic carbocycles. The molecule has 3 rings (SSSR count). The van der Waals surface area contributed by atoms with Crippen molar-refractivity contribution in [2.24, 2.45) is 5.92 Å². The van der Waals surface area contributed by atoms with Crippen molar-refractivity contribution in [3.8, 4) is 0 Å². The molecule has 1 atom stereocenters. The summed E-state index contributed by atoms with van der Waals surface area (Å²) in [5, 5.41) is 14.3. The smallest absolute Gasteiger partial charge is 0.264 e. The van der Waals surface area contributed by atoms with Gasteiger partial charge in [-0.15, -0.1) is 21.5 Å². The summed E-state index contributed by atoms with van der Waals surface area (Å²) >= 11 is 2.80. The fourth-order valence-electron chi connectivity index (χ4n) is 2.75. The summed E-state index contributed by atoms with van der Waals surface area (Å²) in [5.41, 5.74) is 0. The van der Waals surface area contributed by atoms with Crippen LogP contribution in [0.15, 0.2) is 17.5 Å². The zero-order valence-corrected chi connectivity index (χ0v) is 15.3. The van der Waals surface area contributed by atoms with E-state index >= 15 is 0 Å². The van der Waals surface area contributed by atoms with Gasteiger partial charge in [-0.2, -0.15) is 0 Å². The summed E-state index contributed by atoms with van der Waals surface area (Å²) in [6.45, 7) is 4.85. The molecule has 0 saturated carbocycles. The molecule has 1 aliphatic rings. The Balaban J connectivity index is 1.65. The summed E-state index contributed by atoms with van der Waals surface area (Å²) in [6.07, 6.45) is 2.37. The maximum Gasteiger partial charge on any atom is 0.264 e. The molecule has 2 aromatic rings. The Hall–Kier alpha value is -1.80. The second kappa shape index (κ2) is 7.40. The van der Waals surface area contributed by atoms with Gasteiger partial charge in [0.05, 0.1) is 4.88 Å². The molecule has 1 unspecified atom stereocenters. The molecule has 1 N–H and O–H groups in total. The lowest BCUT2D eigenvalue weighted by Crippen LogP contribution is -2.42. The number of hydrogen-bond donors (Lipinski definition) is 1. The number of aromatic nitrogens is 2. The lowest BCUT2D eigenvalue weighted by Gasteiger charge is -2.22. The minimum absolute atomic E-state index is 0.0691. The van der Waals surface area contributed by atoms with E-state index in [-0.39, 0.29) is 11.8 Å². The predicted molar refractivity (Wildman–Crippen MR) is 95.5 cm³/mol. The number of likely N-dealkylation sites (tertiary alicyclic amines) is 1. The van der Waals surface area contributed by atoms with Crippen LogP contribution < -0.4 is 5.32 Å². The van der Waals surface area contributed by atoms with Crippen molar-refractivity contribution in [3.05, 3.63) is 27.4 Å². The molecule has 8 heteroatoms. The minimum atomic E-state index is -0.433. The molecule has 2 amide bonds. The van der Waals surface area contributed by atoms with Crippen LogP contribution in [0, 0.1) is 5.92 Å². The van der Waals surface area contributed by atoms with Gasteiger partial charge in [0.25, 0.3) is 5.91 Å². The van der Waals surface area contributed by atoms with Crippen LogP contribution in [0.5, 0.6) is 0 Å². The number of carbonyl (C=O) groups is 2. The fourth-order valence-corrected chi connectivity index (χ4v) is 4.38. The van der Waals surface area contributed by atoms with Crippen molar-refractivity contribution >= 4 is 39.6 Å². The molecule has 6 nitrogen and oxygen atoms in total. The number of thiophene rings is 1. The maximum absolute atomic E-state index is 12.6. The van der Waals surface area contributed by atoms with Crippen LogP contribution in [0.25, 0.3) is 0 Å². The van der Waals surface area contributed by atoms with Crippen LogP contribution >= 0.6 is 22.7 Å².